The number of nitro benzene ring substituents is 1. The Morgan fingerprint density at radius 3 is 2.59 bits per heavy atom. The van der Waals surface area contributed by atoms with Crippen LogP contribution in [-0.4, -0.2) is 17.1 Å². The quantitative estimate of drug-likeness (QED) is 0.610. The van der Waals surface area contributed by atoms with Crippen LogP contribution in [0.25, 0.3) is 0 Å². The molecule has 0 unspecified atom stereocenters. The SMILES string of the molecule is CCC(N)(CC)COc1cccc([N+](=O)[O-])c1. The Labute approximate surface area is 101 Å². The van der Waals surface area contributed by atoms with E-state index in [1.54, 1.807) is 12.1 Å². The Hall–Kier alpha value is -1.62. The number of non-ortho nitro benzene ring substituents is 1. The van der Waals surface area contributed by atoms with Gasteiger partial charge in [0.15, 0.2) is 0 Å². The van der Waals surface area contributed by atoms with Crippen molar-refractivity contribution < 1.29 is 9.66 Å². The van der Waals surface area contributed by atoms with E-state index in [2.05, 4.69) is 0 Å². The lowest BCUT2D eigenvalue weighted by molar-refractivity contribution is -0.384. The summed E-state index contributed by atoms with van der Waals surface area (Å²) < 4.78 is 5.51. The van der Waals surface area contributed by atoms with Gasteiger partial charge in [-0.05, 0) is 18.9 Å². The highest BCUT2D eigenvalue weighted by atomic mass is 16.6. The second kappa shape index (κ2) is 5.63. The Bertz CT molecular complexity index is 389. The summed E-state index contributed by atoms with van der Waals surface area (Å²) in [6.45, 7) is 4.36. The van der Waals surface area contributed by atoms with Gasteiger partial charge in [0, 0.05) is 11.6 Å². The number of benzene rings is 1. The molecule has 0 fully saturated rings. The fourth-order valence-corrected chi connectivity index (χ4v) is 1.37. The van der Waals surface area contributed by atoms with Crippen LogP contribution in [0.1, 0.15) is 26.7 Å². The minimum atomic E-state index is -0.442. The van der Waals surface area contributed by atoms with Crippen LogP contribution < -0.4 is 10.5 Å². The van der Waals surface area contributed by atoms with Gasteiger partial charge in [-0.2, -0.15) is 0 Å². The van der Waals surface area contributed by atoms with Crippen molar-refractivity contribution in [3.63, 3.8) is 0 Å². The molecule has 0 amide bonds. The predicted molar refractivity (Wildman–Crippen MR) is 66.1 cm³/mol. The zero-order valence-electron chi connectivity index (χ0n) is 10.2. The summed E-state index contributed by atoms with van der Waals surface area (Å²) in [5.74, 6) is 0.482. The van der Waals surface area contributed by atoms with Crippen molar-refractivity contribution in [2.45, 2.75) is 32.2 Å². The average molecular weight is 238 g/mol. The lowest BCUT2D eigenvalue weighted by Gasteiger charge is -2.26. The molecular weight excluding hydrogens is 220 g/mol. The molecule has 17 heavy (non-hydrogen) atoms. The molecule has 1 aromatic rings. The molecule has 5 nitrogen and oxygen atoms in total. The smallest absolute Gasteiger partial charge is 0.273 e. The van der Waals surface area contributed by atoms with Crippen LogP contribution in [0.15, 0.2) is 24.3 Å². The predicted octanol–water partition coefficient (Wildman–Crippen LogP) is 2.49. The van der Waals surface area contributed by atoms with Gasteiger partial charge in [-0.3, -0.25) is 10.1 Å². The topological polar surface area (TPSA) is 78.4 Å². The summed E-state index contributed by atoms with van der Waals surface area (Å²) in [6, 6.07) is 6.14. The first kappa shape index (κ1) is 13.4. The Kier molecular flexibility index (Phi) is 4.45. The zero-order chi connectivity index (χ0) is 12.9. The van der Waals surface area contributed by atoms with Gasteiger partial charge in [-0.25, -0.2) is 0 Å². The highest BCUT2D eigenvalue weighted by molar-refractivity contribution is 5.37. The van der Waals surface area contributed by atoms with Crippen LogP contribution in [0.4, 0.5) is 5.69 Å². The van der Waals surface area contributed by atoms with Crippen molar-refractivity contribution in [1.29, 1.82) is 0 Å². The first-order valence-electron chi connectivity index (χ1n) is 5.67. The molecular formula is C12H18N2O3. The van der Waals surface area contributed by atoms with Crippen LogP contribution in [0, 0.1) is 10.1 Å². The molecule has 94 valence electrons. The van der Waals surface area contributed by atoms with Crippen molar-refractivity contribution in [2.24, 2.45) is 5.73 Å². The van der Waals surface area contributed by atoms with Gasteiger partial charge >= 0.3 is 0 Å². The lowest BCUT2D eigenvalue weighted by atomic mass is 9.96. The molecule has 0 radical (unpaired) electrons. The molecule has 1 rings (SSSR count). The summed E-state index contributed by atoms with van der Waals surface area (Å²) in [6.07, 6.45) is 1.61. The molecule has 0 aliphatic carbocycles. The molecule has 0 aliphatic heterocycles. The summed E-state index contributed by atoms with van der Waals surface area (Å²) >= 11 is 0. The van der Waals surface area contributed by atoms with E-state index in [9.17, 15) is 10.1 Å². The van der Waals surface area contributed by atoms with Gasteiger partial charge < -0.3 is 10.5 Å². The van der Waals surface area contributed by atoms with E-state index >= 15 is 0 Å². The first-order valence-corrected chi connectivity index (χ1v) is 5.67. The largest absolute Gasteiger partial charge is 0.491 e. The fourth-order valence-electron chi connectivity index (χ4n) is 1.37. The van der Waals surface area contributed by atoms with E-state index in [0.717, 1.165) is 12.8 Å². The molecule has 0 aliphatic rings. The number of nitro groups is 1. The maximum Gasteiger partial charge on any atom is 0.273 e. The summed E-state index contributed by atoms with van der Waals surface area (Å²) in [7, 11) is 0. The molecule has 0 spiro atoms. The molecule has 0 heterocycles. The third-order valence-electron chi connectivity index (χ3n) is 2.96. The van der Waals surface area contributed by atoms with Crippen LogP contribution in [0.2, 0.25) is 0 Å². The summed E-state index contributed by atoms with van der Waals surface area (Å²) in [5.41, 5.74) is 5.74. The number of hydrogen-bond donors (Lipinski definition) is 1. The molecule has 0 aromatic heterocycles. The number of nitrogens with zero attached hydrogens (tertiary/aromatic N) is 1. The van der Waals surface area contributed by atoms with E-state index in [0.29, 0.717) is 12.4 Å². The third-order valence-corrected chi connectivity index (χ3v) is 2.96. The van der Waals surface area contributed by atoms with Crippen molar-refractivity contribution in [1.82, 2.24) is 0 Å². The van der Waals surface area contributed by atoms with Crippen LogP contribution >= 0.6 is 0 Å². The third kappa shape index (κ3) is 3.71. The standard InChI is InChI=1S/C12H18N2O3/c1-3-12(13,4-2)9-17-11-7-5-6-10(8-11)14(15)16/h5-8H,3-4,9,13H2,1-2H3. The molecule has 0 saturated carbocycles. The molecule has 1 aromatic carbocycles. The maximum absolute atomic E-state index is 10.6. The number of nitrogens with two attached hydrogens (primary N) is 1. The van der Waals surface area contributed by atoms with Gasteiger partial charge in [0.1, 0.15) is 12.4 Å². The average Bonchev–Trinajstić information content (AvgIpc) is 2.36. The van der Waals surface area contributed by atoms with Crippen molar-refractivity contribution in [3.8, 4) is 5.75 Å². The van der Waals surface area contributed by atoms with E-state index in [4.69, 9.17) is 10.5 Å². The van der Waals surface area contributed by atoms with Crippen LogP contribution in [0.3, 0.4) is 0 Å². The number of rotatable bonds is 6. The highest BCUT2D eigenvalue weighted by Gasteiger charge is 2.21. The minimum absolute atomic E-state index is 0.0260. The molecule has 0 saturated heterocycles. The Morgan fingerprint density at radius 1 is 1.41 bits per heavy atom. The second-order valence-corrected chi connectivity index (χ2v) is 4.11. The zero-order valence-corrected chi connectivity index (χ0v) is 10.2. The van der Waals surface area contributed by atoms with E-state index in [1.807, 2.05) is 13.8 Å². The van der Waals surface area contributed by atoms with E-state index < -0.39 is 4.92 Å². The Morgan fingerprint density at radius 2 is 2.06 bits per heavy atom. The van der Waals surface area contributed by atoms with Gasteiger partial charge in [0.25, 0.3) is 5.69 Å². The molecule has 5 heteroatoms. The van der Waals surface area contributed by atoms with Gasteiger partial charge in [0.2, 0.25) is 0 Å². The highest BCUT2D eigenvalue weighted by Crippen LogP contribution is 2.21. The molecule has 0 atom stereocenters. The minimum Gasteiger partial charge on any atom is -0.491 e. The number of ether oxygens (including phenoxy) is 1. The first-order chi connectivity index (χ1) is 8.00. The van der Waals surface area contributed by atoms with Gasteiger partial charge in [0.05, 0.1) is 11.0 Å². The van der Waals surface area contributed by atoms with Crippen LogP contribution in [-0.2, 0) is 0 Å². The van der Waals surface area contributed by atoms with E-state index in [1.165, 1.54) is 12.1 Å². The monoisotopic (exact) mass is 238 g/mol. The van der Waals surface area contributed by atoms with Crippen LogP contribution in [0.5, 0.6) is 5.75 Å². The normalized spacial score (nSPS) is 11.2. The number of hydrogen-bond acceptors (Lipinski definition) is 4. The molecule has 2 N–H and O–H groups in total. The van der Waals surface area contributed by atoms with Crippen molar-refractivity contribution in [2.75, 3.05) is 6.61 Å². The van der Waals surface area contributed by atoms with E-state index in [-0.39, 0.29) is 11.2 Å². The summed E-state index contributed by atoms with van der Waals surface area (Å²) in [5, 5.41) is 10.6. The van der Waals surface area contributed by atoms with Gasteiger partial charge in [-0.1, -0.05) is 19.9 Å². The van der Waals surface area contributed by atoms with Crippen molar-refractivity contribution >= 4 is 5.69 Å². The van der Waals surface area contributed by atoms with Crippen molar-refractivity contribution in [3.05, 3.63) is 34.4 Å². The van der Waals surface area contributed by atoms with Gasteiger partial charge in [-0.15, -0.1) is 0 Å². The summed E-state index contributed by atoms with van der Waals surface area (Å²) in [4.78, 5) is 10.1. The lowest BCUT2D eigenvalue weighted by Crippen LogP contribution is -2.44. The molecule has 0 bridgehead atoms. The second-order valence-electron chi connectivity index (χ2n) is 4.11. The maximum atomic E-state index is 10.6. The Balaban J connectivity index is 2.69. The fraction of sp³-hybridized carbons (Fsp3) is 0.500.